The van der Waals surface area contributed by atoms with Crippen LogP contribution in [0.25, 0.3) is 109 Å². The van der Waals surface area contributed by atoms with E-state index in [9.17, 15) is 0 Å². The Bertz CT molecular complexity index is 3980. The highest BCUT2D eigenvalue weighted by Crippen LogP contribution is 2.53. The van der Waals surface area contributed by atoms with Crippen LogP contribution in [-0.2, 0) is 0 Å². The van der Waals surface area contributed by atoms with Gasteiger partial charge >= 0.3 is 20.7 Å². The lowest BCUT2D eigenvalue weighted by atomic mass is 9.39. The summed E-state index contributed by atoms with van der Waals surface area (Å²) in [6.45, 7) is -0.151. The lowest BCUT2D eigenvalue weighted by Crippen LogP contribution is -2.63. The Labute approximate surface area is 349 Å². The SMILES string of the molecule is c1ccc(B2c3cc4c5c6c3-c3c7c(cc8c9ccccc9n(c38)B6n3c6ccccc6c6cc8c9ccccc9n(c8c-5c63)B4c3ccccc3)c3ccccc3n72)cc1. The molecule has 0 saturated carbocycles. The summed E-state index contributed by atoms with van der Waals surface area (Å²) in [6.07, 6.45) is 0. The highest BCUT2D eigenvalue weighted by Gasteiger charge is 2.51. The van der Waals surface area contributed by atoms with Gasteiger partial charge in [-0.3, -0.25) is 0 Å². The topological polar surface area (TPSA) is 19.7 Å². The Morgan fingerprint density at radius 2 is 0.607 bits per heavy atom. The van der Waals surface area contributed by atoms with Crippen molar-refractivity contribution in [3.05, 3.63) is 176 Å². The van der Waals surface area contributed by atoms with Gasteiger partial charge in [-0.25, -0.2) is 0 Å². The molecule has 0 saturated heterocycles. The van der Waals surface area contributed by atoms with Crippen LogP contribution in [0.5, 0.6) is 0 Å². The van der Waals surface area contributed by atoms with E-state index in [1.165, 1.54) is 137 Å². The summed E-state index contributed by atoms with van der Waals surface area (Å²) >= 11 is 0. The third-order valence-corrected chi connectivity index (χ3v) is 15.3. The fourth-order valence-electron chi connectivity index (χ4n) is 13.4. The summed E-state index contributed by atoms with van der Waals surface area (Å²) in [5.41, 5.74) is 23.1. The molecule has 8 heterocycles. The Morgan fingerprint density at radius 3 is 1.00 bits per heavy atom. The number of nitrogens with zero attached hydrogens (tertiary/aromatic N) is 4. The van der Waals surface area contributed by atoms with Crippen molar-refractivity contribution >= 4 is 135 Å². The lowest BCUT2D eigenvalue weighted by Gasteiger charge is -2.42. The van der Waals surface area contributed by atoms with Crippen molar-refractivity contribution in [1.29, 1.82) is 0 Å². The van der Waals surface area contributed by atoms with Crippen LogP contribution in [0.2, 0.25) is 0 Å². The fraction of sp³-hybridized carbons (Fsp3) is 0. The molecule has 4 aliphatic heterocycles. The first-order chi connectivity index (χ1) is 30.3. The number of para-hydroxylation sites is 4. The summed E-state index contributed by atoms with van der Waals surface area (Å²) in [5.74, 6) is 0. The molecule has 0 N–H and O–H groups in total. The Hall–Kier alpha value is -7.63. The molecule has 274 valence electrons. The van der Waals surface area contributed by atoms with Gasteiger partial charge in [0.1, 0.15) is 0 Å². The van der Waals surface area contributed by atoms with E-state index in [0.717, 1.165) is 0 Å². The number of benzene rings is 9. The van der Waals surface area contributed by atoms with Crippen LogP contribution in [0.1, 0.15) is 0 Å². The van der Waals surface area contributed by atoms with E-state index in [1.807, 2.05) is 0 Å². The predicted molar refractivity (Wildman–Crippen MR) is 259 cm³/mol. The van der Waals surface area contributed by atoms with Crippen LogP contribution in [0.15, 0.2) is 176 Å². The standard InChI is InChI=1S/C54H29B3N4/c1-3-15-30(16-4-1)55-40-29-41-47-49-52-37(33-20-8-12-24-43(33)59(52)56(41)31-17-5-2-6-18-31)28-39-35-22-10-14-26-45(35)61(54(39)49)57-50(47)46(40)48-51-36(32-19-7-11-23-42(32)58(51)55)27-38-34-21-9-13-25-44(34)60(57)53(38)48/h1-29H. The molecular formula is C54H29B3N4. The average Bonchev–Trinajstić information content (AvgIpc) is 4.05. The molecular weight excluding hydrogens is 737 g/mol. The normalized spacial score (nSPS) is 14.1. The molecule has 0 atom stereocenters. The smallest absolute Gasteiger partial charge is 0.375 e. The van der Waals surface area contributed by atoms with Crippen molar-refractivity contribution in [3.8, 4) is 22.3 Å². The van der Waals surface area contributed by atoms with Gasteiger partial charge in [0.2, 0.25) is 0 Å². The van der Waals surface area contributed by atoms with Gasteiger partial charge in [-0.1, -0.05) is 150 Å². The molecule has 13 aromatic rings. The first-order valence-electron chi connectivity index (χ1n) is 21.6. The van der Waals surface area contributed by atoms with Gasteiger partial charge in [-0.15, -0.1) is 0 Å². The van der Waals surface area contributed by atoms with E-state index in [-0.39, 0.29) is 20.7 Å². The van der Waals surface area contributed by atoms with Gasteiger partial charge < -0.3 is 17.9 Å². The molecule has 4 aromatic heterocycles. The van der Waals surface area contributed by atoms with Crippen molar-refractivity contribution < 1.29 is 0 Å². The van der Waals surface area contributed by atoms with Gasteiger partial charge in [0.05, 0.1) is 0 Å². The number of hydrogen-bond acceptors (Lipinski definition) is 0. The van der Waals surface area contributed by atoms with E-state index >= 15 is 0 Å². The van der Waals surface area contributed by atoms with E-state index < -0.39 is 0 Å². The Balaban J connectivity index is 1.21. The minimum Gasteiger partial charge on any atom is -0.375 e. The summed E-state index contributed by atoms with van der Waals surface area (Å²) < 4.78 is 11.0. The number of rotatable bonds is 2. The molecule has 61 heavy (non-hydrogen) atoms. The monoisotopic (exact) mass is 766 g/mol. The first kappa shape index (κ1) is 30.4. The maximum Gasteiger partial charge on any atom is 0.421 e. The zero-order valence-electron chi connectivity index (χ0n) is 32.8. The van der Waals surface area contributed by atoms with Crippen LogP contribution in [0.3, 0.4) is 0 Å². The summed E-state index contributed by atoms with van der Waals surface area (Å²) in [6, 6.07) is 67.2. The molecule has 0 radical (unpaired) electrons. The number of hydrogen-bond donors (Lipinski definition) is 0. The largest absolute Gasteiger partial charge is 0.421 e. The quantitative estimate of drug-likeness (QED) is 0.157. The van der Waals surface area contributed by atoms with Gasteiger partial charge in [0.15, 0.2) is 0 Å². The van der Waals surface area contributed by atoms with E-state index in [4.69, 9.17) is 0 Å². The second-order valence-electron chi connectivity index (χ2n) is 17.9. The molecule has 17 rings (SSSR count). The molecule has 0 amide bonds. The summed E-state index contributed by atoms with van der Waals surface area (Å²) in [7, 11) is 0. The van der Waals surface area contributed by atoms with Crippen molar-refractivity contribution in [3.63, 3.8) is 0 Å². The molecule has 0 aliphatic carbocycles. The minimum atomic E-state index is -0.0943. The minimum absolute atomic E-state index is 0.0282. The van der Waals surface area contributed by atoms with Crippen LogP contribution in [-0.4, -0.2) is 38.6 Å². The maximum absolute atomic E-state index is 2.76. The van der Waals surface area contributed by atoms with E-state index in [2.05, 4.69) is 194 Å². The molecule has 7 heteroatoms. The Morgan fingerprint density at radius 1 is 0.279 bits per heavy atom. The van der Waals surface area contributed by atoms with Crippen LogP contribution >= 0.6 is 0 Å². The molecule has 0 bridgehead atoms. The molecule has 9 aromatic carbocycles. The lowest BCUT2D eigenvalue weighted by molar-refractivity contribution is 1.18. The van der Waals surface area contributed by atoms with E-state index in [0.29, 0.717) is 0 Å². The summed E-state index contributed by atoms with van der Waals surface area (Å²) in [5, 5.41) is 10.6. The third kappa shape index (κ3) is 3.18. The number of fused-ring (bicyclic) bond motifs is 14. The molecule has 0 spiro atoms. The average molecular weight is 766 g/mol. The highest BCUT2D eigenvalue weighted by molar-refractivity contribution is 6.93. The van der Waals surface area contributed by atoms with Gasteiger partial charge in [-0.2, -0.15) is 0 Å². The van der Waals surface area contributed by atoms with Crippen LogP contribution < -0.4 is 27.3 Å². The van der Waals surface area contributed by atoms with Gasteiger partial charge in [-0.05, 0) is 63.9 Å². The summed E-state index contributed by atoms with van der Waals surface area (Å²) in [4.78, 5) is 0. The van der Waals surface area contributed by atoms with Crippen LogP contribution in [0.4, 0.5) is 0 Å². The Kier molecular flexibility index (Phi) is 5.00. The molecule has 0 fully saturated rings. The number of aromatic nitrogens is 4. The highest BCUT2D eigenvalue weighted by atomic mass is 15.1. The second-order valence-corrected chi connectivity index (χ2v) is 17.9. The zero-order valence-corrected chi connectivity index (χ0v) is 32.8. The second kappa shape index (κ2) is 10.0. The van der Waals surface area contributed by atoms with E-state index in [1.54, 1.807) is 0 Å². The molecule has 4 nitrogen and oxygen atoms in total. The zero-order chi connectivity index (χ0) is 39.0. The first-order valence-corrected chi connectivity index (χ1v) is 21.6. The maximum atomic E-state index is 2.76. The molecule has 0 unspecified atom stereocenters. The predicted octanol–water partition coefficient (Wildman–Crippen LogP) is 8.81. The van der Waals surface area contributed by atoms with Crippen molar-refractivity contribution in [2.24, 2.45) is 0 Å². The van der Waals surface area contributed by atoms with Crippen molar-refractivity contribution in [1.82, 2.24) is 17.9 Å². The van der Waals surface area contributed by atoms with Crippen LogP contribution in [0, 0.1) is 0 Å². The van der Waals surface area contributed by atoms with Gasteiger partial charge in [0.25, 0.3) is 0 Å². The fourth-order valence-corrected chi connectivity index (χ4v) is 13.4. The third-order valence-electron chi connectivity index (χ3n) is 15.3. The van der Waals surface area contributed by atoms with Gasteiger partial charge in [0, 0.05) is 98.4 Å². The van der Waals surface area contributed by atoms with Crippen molar-refractivity contribution in [2.75, 3.05) is 0 Å². The molecule has 4 aliphatic rings. The van der Waals surface area contributed by atoms with Crippen molar-refractivity contribution in [2.45, 2.75) is 0 Å².